The second kappa shape index (κ2) is 6.27. The minimum atomic E-state index is -0.524. The van der Waals surface area contributed by atoms with Crippen molar-refractivity contribution >= 4 is 35.0 Å². The summed E-state index contributed by atoms with van der Waals surface area (Å²) in [6.07, 6.45) is 0.395. The van der Waals surface area contributed by atoms with Gasteiger partial charge in [0.1, 0.15) is 18.1 Å². The van der Waals surface area contributed by atoms with Crippen LogP contribution in [0.5, 0.6) is 5.75 Å². The monoisotopic (exact) mass is 352 g/mol. The Balaban J connectivity index is 1.86. The molecule has 0 radical (unpaired) electrons. The van der Waals surface area contributed by atoms with Crippen LogP contribution < -0.4 is 20.6 Å². The van der Waals surface area contributed by atoms with Gasteiger partial charge >= 0.3 is 0 Å². The van der Waals surface area contributed by atoms with Crippen molar-refractivity contribution in [3.8, 4) is 5.75 Å². The van der Waals surface area contributed by atoms with Crippen molar-refractivity contribution < 1.29 is 9.53 Å². The summed E-state index contributed by atoms with van der Waals surface area (Å²) in [4.78, 5) is 12.7. The third-order valence-electron chi connectivity index (χ3n) is 4.19. The van der Waals surface area contributed by atoms with Crippen LogP contribution in [0.1, 0.15) is 12.0 Å². The van der Waals surface area contributed by atoms with Crippen LogP contribution in [0.3, 0.4) is 0 Å². The van der Waals surface area contributed by atoms with Crippen LogP contribution in [-0.4, -0.2) is 18.2 Å². The maximum absolute atomic E-state index is 11.7. The Kier molecular flexibility index (Phi) is 3.95. The fraction of sp³-hybridized carbons (Fsp3) is 0.111. The van der Waals surface area contributed by atoms with Crippen molar-refractivity contribution in [1.82, 2.24) is 0 Å². The normalized spacial score (nSPS) is 15.9. The Bertz CT molecular complexity index is 906. The van der Waals surface area contributed by atoms with E-state index in [2.05, 4.69) is 5.10 Å². The lowest BCUT2D eigenvalue weighted by Crippen LogP contribution is -2.34. The molecule has 0 fully saturated rings. The number of carbonyl (C=O) groups is 1. The van der Waals surface area contributed by atoms with Gasteiger partial charge in [0.15, 0.2) is 0 Å². The van der Waals surface area contributed by atoms with Gasteiger partial charge in [0.25, 0.3) is 5.91 Å². The van der Waals surface area contributed by atoms with Gasteiger partial charge in [-0.1, -0.05) is 12.1 Å². The number of carbonyl (C=O) groups excluding carboxylic acids is 1. The van der Waals surface area contributed by atoms with Gasteiger partial charge in [-0.25, -0.2) is 5.01 Å². The molecule has 0 unspecified atom stereocenters. The summed E-state index contributed by atoms with van der Waals surface area (Å²) in [5, 5.41) is 11.9. The number of para-hydroxylation sites is 1. The van der Waals surface area contributed by atoms with Gasteiger partial charge in [0, 0.05) is 16.9 Å². The second-order valence-electron chi connectivity index (χ2n) is 5.75. The molecule has 0 spiro atoms. The highest BCUT2D eigenvalue weighted by Crippen LogP contribution is 2.41. The number of rotatable bonds is 3. The van der Waals surface area contributed by atoms with E-state index in [4.69, 9.17) is 15.6 Å². The molecule has 2 aromatic rings. The molecule has 2 aromatic carbocycles. The van der Waals surface area contributed by atoms with Crippen LogP contribution in [0, 0.1) is 0 Å². The molecule has 7 heteroatoms. The maximum Gasteiger partial charge on any atom is 0.265 e. The summed E-state index contributed by atoms with van der Waals surface area (Å²) in [5.74, 6) is 0.280. The zero-order valence-electron chi connectivity index (χ0n) is 13.3. The predicted molar refractivity (Wildman–Crippen MR) is 99.1 cm³/mol. The standard InChI is InChI=1S/C18H16N4O2S/c19-18(23)15-9-11-10-24-16-4-2-1-3-14(16)17(11)22(21-15)12-5-7-13(25-20)8-6-12/h1-8H,9-10,20H2,(H2,19,23). The Morgan fingerprint density at radius 3 is 2.64 bits per heavy atom. The van der Waals surface area contributed by atoms with Gasteiger partial charge in [0.2, 0.25) is 0 Å². The quantitative estimate of drug-likeness (QED) is 0.828. The largest absolute Gasteiger partial charge is 0.488 e. The number of benzene rings is 2. The fourth-order valence-electron chi connectivity index (χ4n) is 3.01. The van der Waals surface area contributed by atoms with Crippen molar-refractivity contribution in [3.05, 3.63) is 59.7 Å². The van der Waals surface area contributed by atoms with Crippen molar-refractivity contribution in [2.45, 2.75) is 11.3 Å². The Hall–Kier alpha value is -2.77. The average molecular weight is 352 g/mol. The third-order valence-corrected chi connectivity index (χ3v) is 4.74. The minimum absolute atomic E-state index is 0.319. The van der Waals surface area contributed by atoms with E-state index in [1.807, 2.05) is 48.5 Å². The lowest BCUT2D eigenvalue weighted by atomic mass is 9.96. The van der Waals surface area contributed by atoms with Crippen LogP contribution in [0.15, 0.2) is 64.1 Å². The lowest BCUT2D eigenvalue weighted by Gasteiger charge is -2.34. The molecule has 0 saturated carbocycles. The molecular formula is C18H16N4O2S. The first-order valence-electron chi connectivity index (χ1n) is 7.76. The van der Waals surface area contributed by atoms with E-state index in [1.54, 1.807) is 5.01 Å². The van der Waals surface area contributed by atoms with Crippen LogP contribution in [0.2, 0.25) is 0 Å². The van der Waals surface area contributed by atoms with Gasteiger partial charge in [0.05, 0.1) is 11.4 Å². The number of anilines is 1. The molecule has 25 heavy (non-hydrogen) atoms. The molecular weight excluding hydrogens is 336 g/mol. The van der Waals surface area contributed by atoms with Crippen LogP contribution >= 0.6 is 11.9 Å². The number of nitrogens with two attached hydrogens (primary N) is 2. The number of nitrogens with zero attached hydrogens (tertiary/aromatic N) is 2. The van der Waals surface area contributed by atoms with E-state index in [0.29, 0.717) is 18.7 Å². The predicted octanol–water partition coefficient (Wildman–Crippen LogP) is 2.51. The molecule has 2 heterocycles. The molecule has 2 aliphatic heterocycles. The zero-order chi connectivity index (χ0) is 17.4. The van der Waals surface area contributed by atoms with Gasteiger partial charge in [-0.3, -0.25) is 9.93 Å². The molecule has 126 valence electrons. The highest BCUT2D eigenvalue weighted by Gasteiger charge is 2.31. The van der Waals surface area contributed by atoms with Gasteiger partial charge in [-0.2, -0.15) is 5.10 Å². The number of primary amides is 1. The van der Waals surface area contributed by atoms with Crippen LogP contribution in [0.25, 0.3) is 5.70 Å². The molecule has 0 atom stereocenters. The van der Waals surface area contributed by atoms with Gasteiger partial charge in [-0.15, -0.1) is 0 Å². The van der Waals surface area contributed by atoms with E-state index >= 15 is 0 Å². The van der Waals surface area contributed by atoms with Crippen LogP contribution in [-0.2, 0) is 4.79 Å². The summed E-state index contributed by atoms with van der Waals surface area (Å²) in [7, 11) is 0. The first kappa shape index (κ1) is 15.7. The summed E-state index contributed by atoms with van der Waals surface area (Å²) < 4.78 is 5.83. The first-order valence-corrected chi connectivity index (χ1v) is 8.64. The second-order valence-corrected chi connectivity index (χ2v) is 6.46. The molecule has 4 rings (SSSR count). The SMILES string of the molecule is NSc1ccc(N2N=C(C(N)=O)CC3=C2c2ccccc2OC3)cc1. The average Bonchev–Trinajstić information content (AvgIpc) is 2.67. The summed E-state index contributed by atoms with van der Waals surface area (Å²) in [5.41, 5.74) is 9.52. The molecule has 0 saturated heterocycles. The number of amides is 1. The summed E-state index contributed by atoms with van der Waals surface area (Å²) in [6.45, 7) is 0.409. The first-order chi connectivity index (χ1) is 12.2. The molecule has 1 amide bonds. The molecule has 2 aliphatic rings. The van der Waals surface area contributed by atoms with Crippen molar-refractivity contribution in [1.29, 1.82) is 0 Å². The van der Waals surface area contributed by atoms with E-state index in [9.17, 15) is 4.79 Å². The highest BCUT2D eigenvalue weighted by molar-refractivity contribution is 7.97. The lowest BCUT2D eigenvalue weighted by molar-refractivity contribution is -0.112. The smallest absolute Gasteiger partial charge is 0.265 e. The van der Waals surface area contributed by atoms with Gasteiger partial charge in [-0.05, 0) is 53.9 Å². The zero-order valence-corrected chi connectivity index (χ0v) is 14.1. The number of fused-ring (bicyclic) bond motifs is 2. The van der Waals surface area contributed by atoms with E-state index in [1.165, 1.54) is 11.9 Å². The van der Waals surface area contributed by atoms with Crippen molar-refractivity contribution in [2.24, 2.45) is 16.0 Å². The van der Waals surface area contributed by atoms with E-state index in [-0.39, 0.29) is 0 Å². The molecule has 0 aromatic heterocycles. The van der Waals surface area contributed by atoms with E-state index < -0.39 is 5.91 Å². The Labute approximate surface area is 149 Å². The summed E-state index contributed by atoms with van der Waals surface area (Å²) >= 11 is 1.18. The third kappa shape index (κ3) is 2.77. The van der Waals surface area contributed by atoms with Crippen LogP contribution in [0.4, 0.5) is 5.69 Å². The van der Waals surface area contributed by atoms with Gasteiger partial charge < -0.3 is 10.5 Å². The maximum atomic E-state index is 11.7. The van der Waals surface area contributed by atoms with Crippen molar-refractivity contribution in [2.75, 3.05) is 11.6 Å². The topological polar surface area (TPSA) is 93.9 Å². The number of ether oxygens (including phenoxy) is 1. The number of hydrogen-bond donors (Lipinski definition) is 2. The molecule has 0 bridgehead atoms. The molecule has 6 nitrogen and oxygen atoms in total. The molecule has 4 N–H and O–H groups in total. The van der Waals surface area contributed by atoms with Crippen molar-refractivity contribution in [3.63, 3.8) is 0 Å². The fourth-order valence-corrected chi connectivity index (χ4v) is 3.30. The van der Waals surface area contributed by atoms with E-state index in [0.717, 1.165) is 33.2 Å². The highest BCUT2D eigenvalue weighted by atomic mass is 32.2. The molecule has 0 aliphatic carbocycles. The number of hydrazone groups is 1. The minimum Gasteiger partial charge on any atom is -0.488 e. The summed E-state index contributed by atoms with van der Waals surface area (Å²) in [6, 6.07) is 15.5. The number of hydrogen-bond acceptors (Lipinski definition) is 6. The Morgan fingerprint density at radius 1 is 1.16 bits per heavy atom. The Morgan fingerprint density at radius 2 is 1.92 bits per heavy atom.